The van der Waals surface area contributed by atoms with Crippen molar-refractivity contribution in [2.24, 2.45) is 0 Å². The maximum absolute atomic E-state index is 12.3. The second-order valence-corrected chi connectivity index (χ2v) is 7.52. The molecule has 1 unspecified atom stereocenters. The summed E-state index contributed by atoms with van der Waals surface area (Å²) in [6.07, 6.45) is 14.6. The van der Waals surface area contributed by atoms with Gasteiger partial charge >= 0.3 is 11.9 Å². The molecule has 1 atom stereocenters. The standard InChI is InChI=1S/C25H38O4/c1-4-5-6-7-8-9-10-11-12-13-17-20-23(25(27)28-3)24(29-21(2)26)22-18-15-14-16-19-22/h14-16,18-20,24H,4-13,17H2,1-3H3. The summed E-state index contributed by atoms with van der Waals surface area (Å²) in [6, 6.07) is 9.32. The zero-order valence-corrected chi connectivity index (χ0v) is 18.5. The number of hydrogen-bond acceptors (Lipinski definition) is 4. The van der Waals surface area contributed by atoms with Crippen molar-refractivity contribution >= 4 is 11.9 Å². The first kappa shape index (κ1) is 24.9. The molecule has 162 valence electrons. The number of carbonyl (C=O) groups excluding carboxylic acids is 2. The van der Waals surface area contributed by atoms with Crippen LogP contribution < -0.4 is 0 Å². The molecule has 0 N–H and O–H groups in total. The van der Waals surface area contributed by atoms with E-state index in [1.54, 1.807) is 0 Å². The van der Waals surface area contributed by atoms with Gasteiger partial charge in [0.05, 0.1) is 12.7 Å². The van der Waals surface area contributed by atoms with Crippen LogP contribution in [0.5, 0.6) is 0 Å². The van der Waals surface area contributed by atoms with Crippen LogP contribution in [-0.2, 0) is 19.1 Å². The maximum Gasteiger partial charge on any atom is 0.337 e. The molecule has 0 saturated heterocycles. The summed E-state index contributed by atoms with van der Waals surface area (Å²) in [7, 11) is 1.35. The Labute approximate surface area is 176 Å². The summed E-state index contributed by atoms with van der Waals surface area (Å²) < 4.78 is 10.4. The Morgan fingerprint density at radius 1 is 0.897 bits per heavy atom. The van der Waals surface area contributed by atoms with Crippen molar-refractivity contribution in [2.45, 2.75) is 90.6 Å². The van der Waals surface area contributed by atoms with E-state index in [2.05, 4.69) is 6.92 Å². The number of unbranched alkanes of at least 4 members (excludes halogenated alkanes) is 10. The fraction of sp³-hybridized carbons (Fsp3) is 0.600. The van der Waals surface area contributed by atoms with E-state index in [-0.39, 0.29) is 0 Å². The molecule has 0 aliphatic heterocycles. The number of methoxy groups -OCH3 is 1. The molecule has 0 radical (unpaired) electrons. The van der Waals surface area contributed by atoms with Gasteiger partial charge in [0, 0.05) is 6.92 Å². The Balaban J connectivity index is 2.53. The lowest BCUT2D eigenvalue weighted by Gasteiger charge is -2.19. The van der Waals surface area contributed by atoms with Gasteiger partial charge in [-0.3, -0.25) is 4.79 Å². The molecule has 0 aliphatic rings. The number of rotatable bonds is 15. The minimum Gasteiger partial charge on any atom is -0.466 e. The minimum absolute atomic E-state index is 0.393. The number of ether oxygens (including phenoxy) is 2. The van der Waals surface area contributed by atoms with Gasteiger partial charge < -0.3 is 9.47 Å². The molecule has 4 nitrogen and oxygen atoms in total. The van der Waals surface area contributed by atoms with Crippen LogP contribution in [0.15, 0.2) is 42.0 Å². The van der Waals surface area contributed by atoms with Crippen LogP contribution in [0.2, 0.25) is 0 Å². The third-order valence-electron chi connectivity index (χ3n) is 5.01. The molecular weight excluding hydrogens is 364 g/mol. The van der Waals surface area contributed by atoms with Gasteiger partial charge in [-0.2, -0.15) is 0 Å². The van der Waals surface area contributed by atoms with Crippen LogP contribution in [0.1, 0.15) is 96.1 Å². The van der Waals surface area contributed by atoms with Crippen molar-refractivity contribution in [2.75, 3.05) is 7.11 Å². The average molecular weight is 403 g/mol. The molecule has 1 aromatic carbocycles. The van der Waals surface area contributed by atoms with Crippen molar-refractivity contribution in [1.29, 1.82) is 0 Å². The topological polar surface area (TPSA) is 52.6 Å². The summed E-state index contributed by atoms with van der Waals surface area (Å²) in [6.45, 7) is 3.60. The predicted octanol–water partition coefficient (Wildman–Crippen LogP) is 6.70. The highest BCUT2D eigenvalue weighted by Gasteiger charge is 2.25. The Morgan fingerprint density at radius 2 is 1.45 bits per heavy atom. The smallest absolute Gasteiger partial charge is 0.337 e. The van der Waals surface area contributed by atoms with Crippen LogP contribution in [0, 0.1) is 0 Å². The van der Waals surface area contributed by atoms with Crippen LogP contribution in [0.4, 0.5) is 0 Å². The van der Waals surface area contributed by atoms with Crippen molar-refractivity contribution in [3.63, 3.8) is 0 Å². The Bertz CT molecular complexity index is 607. The van der Waals surface area contributed by atoms with Crippen molar-refractivity contribution in [3.8, 4) is 0 Å². The fourth-order valence-electron chi connectivity index (χ4n) is 3.41. The number of allylic oxidation sites excluding steroid dienone is 1. The molecule has 0 fully saturated rings. The SMILES string of the molecule is CCCCCCCCCCCCC=C(C(=O)OC)C(OC(C)=O)c1ccccc1. The molecule has 0 spiro atoms. The zero-order chi connectivity index (χ0) is 21.3. The number of carbonyl (C=O) groups is 2. The normalized spacial score (nSPS) is 12.4. The van der Waals surface area contributed by atoms with Crippen molar-refractivity contribution < 1.29 is 19.1 Å². The molecule has 1 aromatic rings. The van der Waals surface area contributed by atoms with E-state index in [0.717, 1.165) is 24.8 Å². The first-order valence-corrected chi connectivity index (χ1v) is 11.1. The Hall–Kier alpha value is -2.10. The van der Waals surface area contributed by atoms with Crippen molar-refractivity contribution in [3.05, 3.63) is 47.5 Å². The molecule has 0 aromatic heterocycles. The highest BCUT2D eigenvalue weighted by atomic mass is 16.6. The van der Waals surface area contributed by atoms with Crippen LogP contribution in [0.3, 0.4) is 0 Å². The molecule has 1 rings (SSSR count). The Morgan fingerprint density at radius 3 is 1.97 bits per heavy atom. The third-order valence-corrected chi connectivity index (χ3v) is 5.01. The molecular formula is C25H38O4. The fourth-order valence-corrected chi connectivity index (χ4v) is 3.41. The maximum atomic E-state index is 12.3. The molecule has 4 heteroatoms. The minimum atomic E-state index is -0.732. The monoisotopic (exact) mass is 402 g/mol. The molecule has 0 aliphatic carbocycles. The highest BCUT2D eigenvalue weighted by molar-refractivity contribution is 5.90. The number of hydrogen-bond donors (Lipinski definition) is 0. The summed E-state index contributed by atoms with van der Waals surface area (Å²) in [5.41, 5.74) is 1.16. The largest absolute Gasteiger partial charge is 0.466 e. The van der Waals surface area contributed by atoms with Gasteiger partial charge in [0.2, 0.25) is 0 Å². The summed E-state index contributed by atoms with van der Waals surface area (Å²) in [4.78, 5) is 23.9. The van der Waals surface area contributed by atoms with E-state index >= 15 is 0 Å². The lowest BCUT2D eigenvalue weighted by atomic mass is 9.99. The van der Waals surface area contributed by atoms with Crippen LogP contribution >= 0.6 is 0 Å². The van der Waals surface area contributed by atoms with Crippen LogP contribution in [-0.4, -0.2) is 19.0 Å². The average Bonchev–Trinajstić information content (AvgIpc) is 2.73. The zero-order valence-electron chi connectivity index (χ0n) is 18.5. The van der Waals surface area contributed by atoms with E-state index in [0.29, 0.717) is 5.57 Å². The summed E-state index contributed by atoms with van der Waals surface area (Å²) in [5.74, 6) is -0.875. The molecule has 0 bridgehead atoms. The molecule has 0 heterocycles. The number of esters is 2. The van der Waals surface area contributed by atoms with E-state index in [9.17, 15) is 9.59 Å². The van der Waals surface area contributed by atoms with Gasteiger partial charge in [-0.1, -0.05) is 101 Å². The van der Waals surface area contributed by atoms with E-state index in [1.807, 2.05) is 36.4 Å². The van der Waals surface area contributed by atoms with Gasteiger partial charge in [-0.05, 0) is 18.4 Å². The summed E-state index contributed by atoms with van der Waals surface area (Å²) in [5, 5.41) is 0. The quantitative estimate of drug-likeness (QED) is 0.186. The molecule has 0 saturated carbocycles. The second-order valence-electron chi connectivity index (χ2n) is 7.52. The lowest BCUT2D eigenvalue weighted by molar-refractivity contribution is -0.147. The van der Waals surface area contributed by atoms with Crippen molar-refractivity contribution in [1.82, 2.24) is 0 Å². The highest BCUT2D eigenvalue weighted by Crippen LogP contribution is 2.28. The first-order chi connectivity index (χ1) is 14.1. The van der Waals surface area contributed by atoms with Gasteiger partial charge in [0.15, 0.2) is 6.10 Å². The second kappa shape index (κ2) is 15.8. The molecule has 0 amide bonds. The number of benzene rings is 1. The predicted molar refractivity (Wildman–Crippen MR) is 118 cm³/mol. The van der Waals surface area contributed by atoms with Gasteiger partial charge in [-0.15, -0.1) is 0 Å². The van der Waals surface area contributed by atoms with E-state index < -0.39 is 18.0 Å². The van der Waals surface area contributed by atoms with E-state index in [4.69, 9.17) is 9.47 Å². The first-order valence-electron chi connectivity index (χ1n) is 11.1. The van der Waals surface area contributed by atoms with E-state index in [1.165, 1.54) is 65.4 Å². The summed E-state index contributed by atoms with van der Waals surface area (Å²) >= 11 is 0. The Kier molecular flexibility index (Phi) is 13.6. The molecule has 29 heavy (non-hydrogen) atoms. The van der Waals surface area contributed by atoms with Gasteiger partial charge in [-0.25, -0.2) is 4.79 Å². The van der Waals surface area contributed by atoms with Crippen LogP contribution in [0.25, 0.3) is 0 Å². The third kappa shape index (κ3) is 10.9. The van der Waals surface area contributed by atoms with Gasteiger partial charge in [0.25, 0.3) is 0 Å². The lowest BCUT2D eigenvalue weighted by Crippen LogP contribution is -2.18. The van der Waals surface area contributed by atoms with Gasteiger partial charge in [0.1, 0.15) is 0 Å².